The van der Waals surface area contributed by atoms with E-state index in [2.05, 4.69) is 62.3 Å². The number of hydrogen-bond donors (Lipinski definition) is 1. The smallest absolute Gasteiger partial charge is 0.0754 e. The van der Waals surface area contributed by atoms with Crippen molar-refractivity contribution in [3.05, 3.63) is 64.5 Å². The van der Waals surface area contributed by atoms with Gasteiger partial charge in [0.05, 0.1) is 11.7 Å². The summed E-state index contributed by atoms with van der Waals surface area (Å²) in [6.07, 6.45) is 2.90. The molecule has 0 radical (unpaired) electrons. The summed E-state index contributed by atoms with van der Waals surface area (Å²) >= 11 is 0. The molecule has 0 spiro atoms. The summed E-state index contributed by atoms with van der Waals surface area (Å²) in [5.41, 5.74) is 6.38. The van der Waals surface area contributed by atoms with E-state index in [0.29, 0.717) is 0 Å². The van der Waals surface area contributed by atoms with Gasteiger partial charge >= 0.3 is 0 Å². The van der Waals surface area contributed by atoms with E-state index in [1.807, 2.05) is 12.3 Å². The first-order chi connectivity index (χ1) is 9.65. The van der Waals surface area contributed by atoms with Crippen LogP contribution in [0.1, 0.15) is 47.8 Å². The molecule has 2 heteroatoms. The first-order valence-corrected chi connectivity index (χ1v) is 7.41. The molecule has 106 valence electrons. The van der Waals surface area contributed by atoms with Gasteiger partial charge in [0, 0.05) is 6.20 Å². The Morgan fingerprint density at radius 1 is 1.10 bits per heavy atom. The molecule has 0 aliphatic heterocycles. The van der Waals surface area contributed by atoms with Gasteiger partial charge in [-0.15, -0.1) is 0 Å². The van der Waals surface area contributed by atoms with Crippen LogP contribution in [0.2, 0.25) is 0 Å². The highest BCUT2D eigenvalue weighted by Gasteiger charge is 2.17. The number of pyridine rings is 1. The molecule has 0 amide bonds. The van der Waals surface area contributed by atoms with Crippen molar-refractivity contribution in [1.29, 1.82) is 0 Å². The largest absolute Gasteiger partial charge is 0.305 e. The molecule has 0 saturated carbocycles. The number of hydrogen-bond acceptors (Lipinski definition) is 2. The van der Waals surface area contributed by atoms with Gasteiger partial charge in [0.2, 0.25) is 0 Å². The topological polar surface area (TPSA) is 24.9 Å². The molecule has 0 aliphatic carbocycles. The van der Waals surface area contributed by atoms with Crippen LogP contribution in [0, 0.1) is 13.8 Å². The molecule has 1 aromatic carbocycles. The predicted molar refractivity (Wildman–Crippen MR) is 85.1 cm³/mol. The standard InChI is InChI=1S/C18H24N2/c1-5-15-8-7-9-20-17(15)18(19-6-2)16-11-13(3)10-14(4)12-16/h7-12,18-19H,5-6H2,1-4H3. The van der Waals surface area contributed by atoms with Gasteiger partial charge in [0.1, 0.15) is 0 Å². The number of nitrogens with zero attached hydrogens (tertiary/aromatic N) is 1. The highest BCUT2D eigenvalue weighted by molar-refractivity contribution is 5.37. The minimum Gasteiger partial charge on any atom is -0.305 e. The molecule has 1 unspecified atom stereocenters. The zero-order chi connectivity index (χ0) is 14.5. The maximum Gasteiger partial charge on any atom is 0.0754 e. The molecule has 0 aliphatic rings. The van der Waals surface area contributed by atoms with Crippen LogP contribution in [0.15, 0.2) is 36.5 Å². The van der Waals surface area contributed by atoms with E-state index in [1.165, 1.54) is 22.3 Å². The summed E-state index contributed by atoms with van der Waals surface area (Å²) in [6, 6.07) is 11.1. The lowest BCUT2D eigenvalue weighted by atomic mass is 9.95. The van der Waals surface area contributed by atoms with Crippen molar-refractivity contribution in [2.45, 2.75) is 40.2 Å². The SMILES string of the molecule is CCNC(c1cc(C)cc(C)c1)c1ncccc1CC. The first-order valence-electron chi connectivity index (χ1n) is 7.41. The Bertz CT molecular complexity index is 555. The van der Waals surface area contributed by atoms with E-state index in [9.17, 15) is 0 Å². The van der Waals surface area contributed by atoms with Gasteiger partial charge in [-0.2, -0.15) is 0 Å². The van der Waals surface area contributed by atoms with Crippen LogP contribution >= 0.6 is 0 Å². The average molecular weight is 268 g/mol. The molecule has 1 heterocycles. The van der Waals surface area contributed by atoms with Gasteiger partial charge in [-0.1, -0.05) is 49.2 Å². The Balaban J connectivity index is 2.50. The zero-order valence-electron chi connectivity index (χ0n) is 12.9. The quantitative estimate of drug-likeness (QED) is 0.888. The van der Waals surface area contributed by atoms with Gasteiger partial charge in [-0.25, -0.2) is 0 Å². The van der Waals surface area contributed by atoms with E-state index in [-0.39, 0.29) is 6.04 Å². The van der Waals surface area contributed by atoms with Gasteiger partial charge in [0.15, 0.2) is 0 Å². The fourth-order valence-corrected chi connectivity index (χ4v) is 2.76. The summed E-state index contributed by atoms with van der Waals surface area (Å²) in [7, 11) is 0. The number of aryl methyl sites for hydroxylation is 3. The Morgan fingerprint density at radius 2 is 1.80 bits per heavy atom. The fraction of sp³-hybridized carbons (Fsp3) is 0.389. The predicted octanol–water partition coefficient (Wildman–Crippen LogP) is 3.96. The van der Waals surface area contributed by atoms with Crippen molar-refractivity contribution < 1.29 is 0 Å². The molecule has 1 aromatic heterocycles. The van der Waals surface area contributed by atoms with Crippen LogP contribution in [0.5, 0.6) is 0 Å². The van der Waals surface area contributed by atoms with Gasteiger partial charge in [-0.05, 0) is 44.0 Å². The Hall–Kier alpha value is -1.67. The zero-order valence-corrected chi connectivity index (χ0v) is 12.9. The average Bonchev–Trinajstić information content (AvgIpc) is 2.43. The molecule has 2 rings (SSSR count). The first kappa shape index (κ1) is 14.7. The van der Waals surface area contributed by atoms with Crippen LogP contribution in [-0.4, -0.2) is 11.5 Å². The van der Waals surface area contributed by atoms with Crippen molar-refractivity contribution in [2.75, 3.05) is 6.54 Å². The van der Waals surface area contributed by atoms with Gasteiger partial charge in [-0.3, -0.25) is 4.98 Å². The minimum absolute atomic E-state index is 0.176. The molecule has 0 bridgehead atoms. The second-order valence-corrected chi connectivity index (χ2v) is 5.31. The molecular formula is C18H24N2. The van der Waals surface area contributed by atoms with Crippen molar-refractivity contribution in [1.82, 2.24) is 10.3 Å². The maximum absolute atomic E-state index is 4.64. The lowest BCUT2D eigenvalue weighted by Crippen LogP contribution is -2.24. The molecule has 2 nitrogen and oxygen atoms in total. The molecule has 0 saturated heterocycles. The van der Waals surface area contributed by atoms with Crippen molar-refractivity contribution in [3.8, 4) is 0 Å². The summed E-state index contributed by atoms with van der Waals surface area (Å²) in [5, 5.41) is 3.58. The monoisotopic (exact) mass is 268 g/mol. The van der Waals surface area contributed by atoms with Crippen molar-refractivity contribution >= 4 is 0 Å². The highest BCUT2D eigenvalue weighted by atomic mass is 14.9. The van der Waals surface area contributed by atoms with Crippen molar-refractivity contribution in [2.24, 2.45) is 0 Å². The molecule has 0 fully saturated rings. The summed E-state index contributed by atoms with van der Waals surface area (Å²) in [4.78, 5) is 4.64. The van der Waals surface area contributed by atoms with Gasteiger partial charge < -0.3 is 5.32 Å². The lowest BCUT2D eigenvalue weighted by Gasteiger charge is -2.21. The normalized spacial score (nSPS) is 12.4. The molecule has 1 atom stereocenters. The van der Waals surface area contributed by atoms with Crippen LogP contribution in [0.4, 0.5) is 0 Å². The number of aromatic nitrogens is 1. The maximum atomic E-state index is 4.64. The number of nitrogens with one attached hydrogen (secondary N) is 1. The Kier molecular flexibility index (Phi) is 4.91. The van der Waals surface area contributed by atoms with Crippen LogP contribution in [0.3, 0.4) is 0 Å². The molecule has 2 aromatic rings. The van der Waals surface area contributed by atoms with E-state index in [1.54, 1.807) is 0 Å². The van der Waals surface area contributed by atoms with Gasteiger partial charge in [0.25, 0.3) is 0 Å². The third-order valence-corrected chi connectivity index (χ3v) is 3.57. The highest BCUT2D eigenvalue weighted by Crippen LogP contribution is 2.25. The van der Waals surface area contributed by atoms with Crippen molar-refractivity contribution in [3.63, 3.8) is 0 Å². The van der Waals surface area contributed by atoms with E-state index < -0.39 is 0 Å². The molecule has 1 N–H and O–H groups in total. The summed E-state index contributed by atoms with van der Waals surface area (Å²) in [6.45, 7) is 9.56. The Morgan fingerprint density at radius 3 is 2.40 bits per heavy atom. The molecule has 20 heavy (non-hydrogen) atoms. The number of rotatable bonds is 5. The third kappa shape index (κ3) is 3.26. The second kappa shape index (κ2) is 6.67. The lowest BCUT2D eigenvalue weighted by molar-refractivity contribution is 0.609. The second-order valence-electron chi connectivity index (χ2n) is 5.31. The van der Waals surface area contributed by atoms with Crippen LogP contribution in [-0.2, 0) is 6.42 Å². The van der Waals surface area contributed by atoms with Crippen LogP contribution in [0.25, 0.3) is 0 Å². The fourth-order valence-electron chi connectivity index (χ4n) is 2.76. The van der Waals surface area contributed by atoms with Crippen LogP contribution < -0.4 is 5.32 Å². The third-order valence-electron chi connectivity index (χ3n) is 3.57. The Labute approximate surface area is 122 Å². The number of benzene rings is 1. The summed E-state index contributed by atoms with van der Waals surface area (Å²) < 4.78 is 0. The van der Waals surface area contributed by atoms with E-state index in [4.69, 9.17) is 0 Å². The summed E-state index contributed by atoms with van der Waals surface area (Å²) in [5.74, 6) is 0. The van der Waals surface area contributed by atoms with E-state index in [0.717, 1.165) is 18.7 Å². The minimum atomic E-state index is 0.176. The van der Waals surface area contributed by atoms with E-state index >= 15 is 0 Å². The molecular weight excluding hydrogens is 244 g/mol.